The number of ether oxygens (including phenoxy) is 1. The fourth-order valence-corrected chi connectivity index (χ4v) is 1.03. The van der Waals surface area contributed by atoms with E-state index >= 15 is 0 Å². The molecule has 4 heteroatoms. The van der Waals surface area contributed by atoms with Crippen molar-refractivity contribution < 1.29 is 19.0 Å². The Bertz CT molecular complexity index is 363. The van der Waals surface area contributed by atoms with Crippen molar-refractivity contribution in [2.45, 2.75) is 26.4 Å². The zero-order valence-corrected chi connectivity index (χ0v) is 8.66. The number of rotatable bonds is 4. The molecule has 0 aromatic heterocycles. The molecule has 0 heterocycles. The molecule has 0 radical (unpaired) electrons. The number of halogens is 1. The lowest BCUT2D eigenvalue weighted by Gasteiger charge is -2.13. The van der Waals surface area contributed by atoms with Gasteiger partial charge in [0.15, 0.2) is 11.6 Å². The molecule has 82 valence electrons. The van der Waals surface area contributed by atoms with Crippen LogP contribution in [0.15, 0.2) is 18.2 Å². The summed E-state index contributed by atoms with van der Waals surface area (Å²) in [5.74, 6) is -1.70. The van der Waals surface area contributed by atoms with Crippen LogP contribution in [0.4, 0.5) is 4.39 Å². The lowest BCUT2D eigenvalue weighted by molar-refractivity contribution is 0.0696. The van der Waals surface area contributed by atoms with Crippen molar-refractivity contribution in [1.82, 2.24) is 0 Å². The van der Waals surface area contributed by atoms with Gasteiger partial charge in [0.05, 0.1) is 11.7 Å². The first-order valence-corrected chi connectivity index (χ1v) is 4.74. The van der Waals surface area contributed by atoms with Gasteiger partial charge in [-0.3, -0.25) is 0 Å². The number of hydrogen-bond acceptors (Lipinski definition) is 2. The number of carbonyl (C=O) groups is 1. The van der Waals surface area contributed by atoms with Crippen molar-refractivity contribution >= 4 is 5.97 Å². The fourth-order valence-electron chi connectivity index (χ4n) is 1.03. The van der Waals surface area contributed by atoms with Gasteiger partial charge in [0, 0.05) is 0 Å². The molecule has 1 aromatic rings. The lowest BCUT2D eigenvalue weighted by Crippen LogP contribution is -2.11. The van der Waals surface area contributed by atoms with Gasteiger partial charge in [0.25, 0.3) is 0 Å². The molecular formula is C11H13FO3. The summed E-state index contributed by atoms with van der Waals surface area (Å²) in [6.07, 6.45) is 0.676. The topological polar surface area (TPSA) is 46.5 Å². The van der Waals surface area contributed by atoms with Crippen molar-refractivity contribution in [1.29, 1.82) is 0 Å². The predicted molar refractivity (Wildman–Crippen MR) is 53.7 cm³/mol. The molecule has 0 aliphatic rings. The van der Waals surface area contributed by atoms with Crippen molar-refractivity contribution in [2.75, 3.05) is 0 Å². The van der Waals surface area contributed by atoms with Gasteiger partial charge in [-0.15, -0.1) is 0 Å². The standard InChI is InChI=1S/C11H13FO3/c1-3-7(2)15-10-5-4-8(11(13)14)6-9(10)12/h4-7H,3H2,1-2H3,(H,13,14). The summed E-state index contributed by atoms with van der Waals surface area (Å²) in [6, 6.07) is 3.62. The molecule has 0 aliphatic heterocycles. The molecule has 1 unspecified atom stereocenters. The highest BCUT2D eigenvalue weighted by Gasteiger charge is 2.10. The predicted octanol–water partition coefficient (Wildman–Crippen LogP) is 2.70. The molecule has 15 heavy (non-hydrogen) atoms. The normalized spacial score (nSPS) is 12.2. The Morgan fingerprint density at radius 1 is 1.60 bits per heavy atom. The van der Waals surface area contributed by atoms with E-state index in [9.17, 15) is 9.18 Å². The van der Waals surface area contributed by atoms with Crippen molar-refractivity contribution in [3.63, 3.8) is 0 Å². The molecule has 0 amide bonds. The van der Waals surface area contributed by atoms with Crippen LogP contribution < -0.4 is 4.74 Å². The molecule has 1 aromatic carbocycles. The van der Waals surface area contributed by atoms with E-state index in [1.165, 1.54) is 12.1 Å². The second kappa shape index (κ2) is 4.77. The van der Waals surface area contributed by atoms with Crippen LogP contribution in [0.3, 0.4) is 0 Å². The minimum Gasteiger partial charge on any atom is -0.488 e. The Kier molecular flexibility index (Phi) is 3.66. The Labute approximate surface area is 87.5 Å². The quantitative estimate of drug-likeness (QED) is 0.834. The minimum atomic E-state index is -1.15. The highest BCUT2D eigenvalue weighted by Crippen LogP contribution is 2.20. The summed E-state index contributed by atoms with van der Waals surface area (Å²) in [5, 5.41) is 8.62. The molecule has 1 N–H and O–H groups in total. The van der Waals surface area contributed by atoms with Crippen molar-refractivity contribution in [3.8, 4) is 5.75 Å². The van der Waals surface area contributed by atoms with E-state index in [4.69, 9.17) is 9.84 Å². The molecular weight excluding hydrogens is 199 g/mol. The zero-order chi connectivity index (χ0) is 11.4. The van der Waals surface area contributed by atoms with Gasteiger partial charge in [-0.05, 0) is 31.5 Å². The first-order chi connectivity index (χ1) is 7.04. The van der Waals surface area contributed by atoms with Gasteiger partial charge in [0.1, 0.15) is 0 Å². The molecule has 0 fully saturated rings. The number of hydrogen-bond donors (Lipinski definition) is 1. The highest BCUT2D eigenvalue weighted by molar-refractivity contribution is 5.87. The molecule has 0 saturated heterocycles. The van der Waals surface area contributed by atoms with Gasteiger partial charge >= 0.3 is 5.97 Å². The second-order valence-corrected chi connectivity index (χ2v) is 3.29. The maximum atomic E-state index is 13.3. The van der Waals surface area contributed by atoms with E-state index in [0.717, 1.165) is 12.5 Å². The molecule has 1 rings (SSSR count). The SMILES string of the molecule is CCC(C)Oc1ccc(C(=O)O)cc1F. The van der Waals surface area contributed by atoms with Crippen LogP contribution in [-0.4, -0.2) is 17.2 Å². The summed E-state index contributed by atoms with van der Waals surface area (Å²) in [5.41, 5.74) is -0.0796. The van der Waals surface area contributed by atoms with Crippen LogP contribution in [0.25, 0.3) is 0 Å². The van der Waals surface area contributed by atoms with Gasteiger partial charge in [-0.25, -0.2) is 9.18 Å². The van der Waals surface area contributed by atoms with Crippen LogP contribution in [0.5, 0.6) is 5.75 Å². The minimum absolute atomic E-state index is 0.0796. The van der Waals surface area contributed by atoms with Gasteiger partial charge < -0.3 is 9.84 Å². The van der Waals surface area contributed by atoms with Crippen LogP contribution in [0.1, 0.15) is 30.6 Å². The van der Waals surface area contributed by atoms with E-state index in [0.29, 0.717) is 0 Å². The number of benzene rings is 1. The van der Waals surface area contributed by atoms with E-state index in [1.54, 1.807) is 0 Å². The van der Waals surface area contributed by atoms with E-state index in [2.05, 4.69) is 0 Å². The largest absolute Gasteiger partial charge is 0.488 e. The smallest absolute Gasteiger partial charge is 0.335 e. The van der Waals surface area contributed by atoms with Crippen LogP contribution in [0, 0.1) is 5.82 Å². The number of aromatic carboxylic acids is 1. The van der Waals surface area contributed by atoms with Gasteiger partial charge in [-0.2, -0.15) is 0 Å². The molecule has 0 bridgehead atoms. The fraction of sp³-hybridized carbons (Fsp3) is 0.364. The van der Waals surface area contributed by atoms with Crippen molar-refractivity contribution in [3.05, 3.63) is 29.6 Å². The molecule has 1 atom stereocenters. The summed E-state index contributed by atoms with van der Waals surface area (Å²) in [7, 11) is 0. The third-order valence-corrected chi connectivity index (χ3v) is 2.08. The summed E-state index contributed by atoms with van der Waals surface area (Å²) in [6.45, 7) is 3.75. The molecule has 0 aliphatic carbocycles. The third kappa shape index (κ3) is 2.94. The van der Waals surface area contributed by atoms with Crippen LogP contribution >= 0.6 is 0 Å². The van der Waals surface area contributed by atoms with E-state index in [1.807, 2.05) is 13.8 Å². The Hall–Kier alpha value is -1.58. The maximum absolute atomic E-state index is 13.3. The summed E-state index contributed by atoms with van der Waals surface area (Å²) in [4.78, 5) is 10.5. The zero-order valence-electron chi connectivity index (χ0n) is 8.66. The summed E-state index contributed by atoms with van der Waals surface area (Å²) < 4.78 is 18.6. The summed E-state index contributed by atoms with van der Waals surface area (Å²) >= 11 is 0. The van der Waals surface area contributed by atoms with E-state index < -0.39 is 11.8 Å². The van der Waals surface area contributed by atoms with Crippen LogP contribution in [-0.2, 0) is 0 Å². The highest BCUT2D eigenvalue weighted by atomic mass is 19.1. The number of carboxylic acids is 1. The molecule has 0 spiro atoms. The first-order valence-electron chi connectivity index (χ1n) is 4.74. The molecule has 3 nitrogen and oxygen atoms in total. The average molecular weight is 212 g/mol. The average Bonchev–Trinajstić information content (AvgIpc) is 2.20. The Morgan fingerprint density at radius 2 is 2.27 bits per heavy atom. The first kappa shape index (κ1) is 11.5. The second-order valence-electron chi connectivity index (χ2n) is 3.29. The molecule has 0 saturated carbocycles. The maximum Gasteiger partial charge on any atom is 0.335 e. The van der Waals surface area contributed by atoms with Crippen molar-refractivity contribution in [2.24, 2.45) is 0 Å². The number of carboxylic acid groups (broad SMARTS) is 1. The monoisotopic (exact) mass is 212 g/mol. The third-order valence-electron chi connectivity index (χ3n) is 2.08. The van der Waals surface area contributed by atoms with E-state index in [-0.39, 0.29) is 17.4 Å². The Balaban J connectivity index is 2.88. The lowest BCUT2D eigenvalue weighted by atomic mass is 10.2. The Morgan fingerprint density at radius 3 is 2.73 bits per heavy atom. The van der Waals surface area contributed by atoms with Gasteiger partial charge in [-0.1, -0.05) is 6.92 Å². The van der Waals surface area contributed by atoms with Crippen LogP contribution in [0.2, 0.25) is 0 Å². The van der Waals surface area contributed by atoms with Gasteiger partial charge in [0.2, 0.25) is 0 Å².